The Balaban J connectivity index is 1.44. The molecule has 2 bridgehead atoms. The van der Waals surface area contributed by atoms with Gasteiger partial charge in [-0.25, -0.2) is 9.59 Å². The second-order valence-corrected chi connectivity index (χ2v) is 8.43. The molecule has 170 valence electrons. The quantitative estimate of drug-likeness (QED) is 0.574. The lowest BCUT2D eigenvalue weighted by molar-refractivity contribution is -0.131. The van der Waals surface area contributed by atoms with E-state index in [1.165, 1.54) is 5.06 Å². The molecule has 3 rings (SSSR count). The van der Waals surface area contributed by atoms with Gasteiger partial charge in [0.1, 0.15) is 6.04 Å². The summed E-state index contributed by atoms with van der Waals surface area (Å²) in [7, 11) is 0. The van der Waals surface area contributed by atoms with E-state index in [2.05, 4.69) is 19.2 Å². The standard InChI is InChI=1S/C21H36N4O5/c1-3-5-13-29-21(28)23-11-9-16(10-12-23)22-19(26)18-8-7-17-15-24(18)20(27)25(17)30-14-6-4-2/h16-18H,3-15H2,1-2H3,(H,22,26)/t17-,18+/m1/s1. The lowest BCUT2D eigenvalue weighted by atomic mass is 9.99. The van der Waals surface area contributed by atoms with Crippen molar-refractivity contribution in [2.45, 2.75) is 83.3 Å². The second kappa shape index (κ2) is 10.8. The highest BCUT2D eigenvalue weighted by Gasteiger charge is 2.48. The van der Waals surface area contributed by atoms with E-state index < -0.39 is 6.04 Å². The smallest absolute Gasteiger partial charge is 0.409 e. The predicted octanol–water partition coefficient (Wildman–Crippen LogP) is 2.50. The summed E-state index contributed by atoms with van der Waals surface area (Å²) in [5.41, 5.74) is 0. The van der Waals surface area contributed by atoms with Crippen molar-refractivity contribution in [1.29, 1.82) is 0 Å². The van der Waals surface area contributed by atoms with Crippen molar-refractivity contribution in [1.82, 2.24) is 20.2 Å². The van der Waals surface area contributed by atoms with Gasteiger partial charge in [-0.05, 0) is 38.5 Å². The number of carbonyl (C=O) groups excluding carboxylic acids is 3. The summed E-state index contributed by atoms with van der Waals surface area (Å²) in [6, 6.07) is -0.575. The van der Waals surface area contributed by atoms with E-state index in [9.17, 15) is 14.4 Å². The van der Waals surface area contributed by atoms with Crippen molar-refractivity contribution in [3.05, 3.63) is 0 Å². The molecular weight excluding hydrogens is 388 g/mol. The molecule has 4 amide bonds. The summed E-state index contributed by atoms with van der Waals surface area (Å²) >= 11 is 0. The van der Waals surface area contributed by atoms with Crippen LogP contribution in [0.5, 0.6) is 0 Å². The molecule has 0 aromatic heterocycles. The minimum atomic E-state index is -0.439. The van der Waals surface area contributed by atoms with Gasteiger partial charge >= 0.3 is 12.1 Å². The highest BCUT2D eigenvalue weighted by atomic mass is 16.7. The average Bonchev–Trinajstić information content (AvgIpc) is 2.99. The van der Waals surface area contributed by atoms with Crippen LogP contribution < -0.4 is 5.32 Å². The zero-order valence-corrected chi connectivity index (χ0v) is 18.3. The zero-order valence-electron chi connectivity index (χ0n) is 18.3. The Bertz CT molecular complexity index is 608. The molecule has 0 saturated carbocycles. The number of hydrogen-bond donors (Lipinski definition) is 1. The van der Waals surface area contributed by atoms with Crippen molar-refractivity contribution in [2.24, 2.45) is 0 Å². The molecule has 1 N–H and O–H groups in total. The van der Waals surface area contributed by atoms with Crippen LogP contribution in [-0.4, -0.2) is 83.9 Å². The summed E-state index contributed by atoms with van der Waals surface area (Å²) in [5.74, 6) is -0.0961. The van der Waals surface area contributed by atoms with Gasteiger partial charge in [0.2, 0.25) is 5.91 Å². The average molecular weight is 425 g/mol. The maximum atomic E-state index is 12.9. The number of fused-ring (bicyclic) bond motifs is 2. The van der Waals surface area contributed by atoms with Crippen LogP contribution in [0.4, 0.5) is 9.59 Å². The Hall–Kier alpha value is -2.03. The molecule has 3 aliphatic rings. The molecule has 9 nitrogen and oxygen atoms in total. The number of hydrogen-bond acceptors (Lipinski definition) is 5. The van der Waals surface area contributed by atoms with Gasteiger partial charge < -0.3 is 19.9 Å². The molecule has 0 radical (unpaired) electrons. The van der Waals surface area contributed by atoms with Crippen LogP contribution in [0.1, 0.15) is 65.2 Å². The Morgan fingerprint density at radius 2 is 1.73 bits per heavy atom. The molecular formula is C21H36N4O5. The molecule has 3 fully saturated rings. The fourth-order valence-corrected chi connectivity index (χ4v) is 4.28. The SMILES string of the molecule is CCCCOC(=O)N1CCC(NC(=O)[C@@H]2CC[C@@H]3CN2C(=O)N3OCCCC)CC1. The van der Waals surface area contributed by atoms with E-state index in [4.69, 9.17) is 9.57 Å². The second-order valence-electron chi connectivity index (χ2n) is 8.43. The maximum absolute atomic E-state index is 12.9. The summed E-state index contributed by atoms with van der Waals surface area (Å²) in [6.45, 7) is 6.82. The molecule has 0 aromatic rings. The minimum absolute atomic E-state index is 0.0181. The number of hydroxylamine groups is 2. The van der Waals surface area contributed by atoms with Gasteiger partial charge in [-0.1, -0.05) is 26.7 Å². The zero-order chi connectivity index (χ0) is 21.5. The normalized spacial score (nSPS) is 24.3. The Morgan fingerprint density at radius 1 is 1.03 bits per heavy atom. The molecule has 0 unspecified atom stereocenters. The molecule has 2 atom stereocenters. The van der Waals surface area contributed by atoms with E-state index >= 15 is 0 Å². The monoisotopic (exact) mass is 424 g/mol. The van der Waals surface area contributed by atoms with Gasteiger partial charge in [0.05, 0.1) is 19.3 Å². The van der Waals surface area contributed by atoms with E-state index in [0.29, 0.717) is 52.1 Å². The van der Waals surface area contributed by atoms with E-state index in [1.54, 1.807) is 9.80 Å². The van der Waals surface area contributed by atoms with Crippen LogP contribution in [0.15, 0.2) is 0 Å². The van der Waals surface area contributed by atoms with Gasteiger partial charge in [-0.2, -0.15) is 5.06 Å². The molecule has 3 heterocycles. The van der Waals surface area contributed by atoms with Crippen molar-refractivity contribution in [3.8, 4) is 0 Å². The summed E-state index contributed by atoms with van der Waals surface area (Å²) in [4.78, 5) is 46.7. The topological polar surface area (TPSA) is 91.4 Å². The fourth-order valence-electron chi connectivity index (χ4n) is 4.28. The fraction of sp³-hybridized carbons (Fsp3) is 0.857. The van der Waals surface area contributed by atoms with Crippen LogP contribution in [0.25, 0.3) is 0 Å². The molecule has 3 saturated heterocycles. The number of carbonyl (C=O) groups is 3. The van der Waals surface area contributed by atoms with Crippen molar-refractivity contribution in [3.63, 3.8) is 0 Å². The van der Waals surface area contributed by atoms with Crippen LogP contribution in [-0.2, 0) is 14.4 Å². The third-order valence-corrected chi connectivity index (χ3v) is 6.18. The first-order valence-corrected chi connectivity index (χ1v) is 11.5. The minimum Gasteiger partial charge on any atom is -0.449 e. The van der Waals surface area contributed by atoms with Gasteiger partial charge in [-0.3, -0.25) is 9.63 Å². The Labute approximate surface area is 179 Å². The highest BCUT2D eigenvalue weighted by molar-refractivity contribution is 5.88. The Kier molecular flexibility index (Phi) is 8.18. The molecule has 3 aliphatic heterocycles. The number of urea groups is 1. The number of ether oxygens (including phenoxy) is 1. The largest absolute Gasteiger partial charge is 0.449 e. The number of amides is 4. The lowest BCUT2D eigenvalue weighted by Crippen LogP contribution is -2.54. The van der Waals surface area contributed by atoms with Crippen molar-refractivity contribution < 1.29 is 24.0 Å². The molecule has 30 heavy (non-hydrogen) atoms. The van der Waals surface area contributed by atoms with Crippen molar-refractivity contribution in [2.75, 3.05) is 32.8 Å². The first-order valence-electron chi connectivity index (χ1n) is 11.5. The maximum Gasteiger partial charge on any atom is 0.409 e. The number of piperidine rings is 2. The van der Waals surface area contributed by atoms with Gasteiger partial charge in [-0.15, -0.1) is 0 Å². The highest BCUT2D eigenvalue weighted by Crippen LogP contribution is 2.30. The Morgan fingerprint density at radius 3 is 2.43 bits per heavy atom. The summed E-state index contributed by atoms with van der Waals surface area (Å²) < 4.78 is 5.26. The number of nitrogens with one attached hydrogen (secondary N) is 1. The van der Waals surface area contributed by atoms with Crippen LogP contribution in [0.2, 0.25) is 0 Å². The number of nitrogens with zero attached hydrogens (tertiary/aromatic N) is 3. The number of likely N-dealkylation sites (tertiary alicyclic amines) is 1. The van der Waals surface area contributed by atoms with Gasteiger partial charge in [0, 0.05) is 25.7 Å². The molecule has 9 heteroatoms. The lowest BCUT2D eigenvalue weighted by Gasteiger charge is -2.34. The third kappa shape index (κ3) is 5.36. The van der Waals surface area contributed by atoms with E-state index in [1.807, 2.05) is 0 Å². The molecule has 0 aromatic carbocycles. The van der Waals surface area contributed by atoms with E-state index in [-0.39, 0.29) is 30.1 Å². The first-order chi connectivity index (χ1) is 14.5. The van der Waals surface area contributed by atoms with Crippen LogP contribution in [0.3, 0.4) is 0 Å². The third-order valence-electron chi connectivity index (χ3n) is 6.18. The summed E-state index contributed by atoms with van der Waals surface area (Å²) in [6.07, 6.45) is 6.34. The van der Waals surface area contributed by atoms with Crippen molar-refractivity contribution >= 4 is 18.0 Å². The summed E-state index contributed by atoms with van der Waals surface area (Å²) in [5, 5.41) is 4.58. The van der Waals surface area contributed by atoms with Crippen LogP contribution in [0, 0.1) is 0 Å². The predicted molar refractivity (Wildman–Crippen MR) is 111 cm³/mol. The van der Waals surface area contributed by atoms with Gasteiger partial charge in [0.25, 0.3) is 0 Å². The number of rotatable bonds is 9. The van der Waals surface area contributed by atoms with Crippen LogP contribution >= 0.6 is 0 Å². The number of unbranched alkanes of at least 4 members (excludes halogenated alkanes) is 2. The van der Waals surface area contributed by atoms with E-state index in [0.717, 1.165) is 32.1 Å². The molecule has 0 aliphatic carbocycles. The first kappa shape index (κ1) is 22.7. The molecule has 0 spiro atoms. The van der Waals surface area contributed by atoms with Gasteiger partial charge in [0.15, 0.2) is 0 Å².